The van der Waals surface area contributed by atoms with Gasteiger partial charge >= 0.3 is 0 Å². The summed E-state index contributed by atoms with van der Waals surface area (Å²) in [6.07, 6.45) is 0. The fraction of sp³-hybridized carbons (Fsp3) is 0.227. The molecule has 35 heavy (non-hydrogen) atoms. The molecule has 0 amide bonds. The van der Waals surface area contributed by atoms with Crippen molar-refractivity contribution in [3.8, 4) is 10.9 Å². The highest BCUT2D eigenvalue weighted by Crippen LogP contribution is 2.50. The first-order valence-corrected chi connectivity index (χ1v) is 12.0. The molecule has 0 saturated heterocycles. The molecule has 5 rings (SSSR count). The summed E-state index contributed by atoms with van der Waals surface area (Å²) in [4.78, 5) is 16.1. The maximum atomic E-state index is 11.7. The lowest BCUT2D eigenvalue weighted by Gasteiger charge is -2.13. The van der Waals surface area contributed by atoms with E-state index in [1.165, 1.54) is 35.8 Å². The number of aliphatic hydroxyl groups excluding tert-OH is 1. The molecule has 0 bridgehead atoms. The van der Waals surface area contributed by atoms with Crippen LogP contribution in [0.1, 0.15) is 38.0 Å². The number of hydrogen-bond acceptors (Lipinski definition) is 12. The highest BCUT2D eigenvalue weighted by Gasteiger charge is 2.43. The second-order valence-electron chi connectivity index (χ2n) is 7.45. The normalized spacial score (nSPS) is 18.0. The maximum Gasteiger partial charge on any atom is 0.294 e. The molecule has 1 aliphatic rings. The predicted molar refractivity (Wildman–Crippen MR) is 129 cm³/mol. The highest BCUT2D eigenvalue weighted by atomic mass is 32.1. The minimum atomic E-state index is -0.479. The molecular weight excluding hydrogens is 492 g/mol. The van der Waals surface area contributed by atoms with Crippen LogP contribution in [-0.2, 0) is 6.61 Å². The van der Waals surface area contributed by atoms with Crippen molar-refractivity contribution in [3.05, 3.63) is 78.7 Å². The van der Waals surface area contributed by atoms with Gasteiger partial charge < -0.3 is 14.6 Å². The number of rotatable bonds is 7. The lowest BCUT2D eigenvalue weighted by Crippen LogP contribution is -2.14. The minimum Gasteiger partial charge on any atom is -0.497 e. The number of benzene rings is 2. The Kier molecular flexibility index (Phi) is 6.19. The van der Waals surface area contributed by atoms with E-state index >= 15 is 0 Å². The van der Waals surface area contributed by atoms with Crippen molar-refractivity contribution in [3.63, 3.8) is 0 Å². The zero-order valence-corrected chi connectivity index (χ0v) is 20.1. The number of aliphatic imine (C=N–C) groups is 1. The van der Waals surface area contributed by atoms with E-state index in [4.69, 9.17) is 14.5 Å². The van der Waals surface area contributed by atoms with Gasteiger partial charge in [-0.3, -0.25) is 10.1 Å². The van der Waals surface area contributed by atoms with Gasteiger partial charge in [-0.2, -0.15) is 0 Å². The van der Waals surface area contributed by atoms with Crippen molar-refractivity contribution in [1.82, 2.24) is 20.4 Å². The summed E-state index contributed by atoms with van der Waals surface area (Å²) in [6, 6.07) is 12.0. The smallest absolute Gasteiger partial charge is 0.294 e. The van der Waals surface area contributed by atoms with Crippen LogP contribution in [-0.4, -0.2) is 50.4 Å². The van der Waals surface area contributed by atoms with E-state index in [1.54, 1.807) is 25.3 Å². The number of nitro benzene ring substituents is 1. The van der Waals surface area contributed by atoms with Gasteiger partial charge in [-0.1, -0.05) is 40.9 Å². The van der Waals surface area contributed by atoms with E-state index in [1.807, 2.05) is 18.2 Å². The number of nitrogens with zero attached hydrogens (tertiary/aromatic N) is 6. The van der Waals surface area contributed by atoms with E-state index in [0.717, 1.165) is 11.1 Å². The molecule has 4 aromatic rings. The summed E-state index contributed by atoms with van der Waals surface area (Å²) < 4.78 is 10.7. The molecule has 2 atom stereocenters. The Morgan fingerprint density at radius 3 is 2.43 bits per heavy atom. The third-order valence-corrected chi connectivity index (χ3v) is 7.47. The monoisotopic (exact) mass is 510 g/mol. The zero-order valence-electron chi connectivity index (χ0n) is 18.5. The van der Waals surface area contributed by atoms with Crippen LogP contribution in [0.25, 0.3) is 0 Å². The first-order chi connectivity index (χ1) is 17.0. The van der Waals surface area contributed by atoms with E-state index in [-0.39, 0.29) is 18.0 Å². The molecule has 2 heterocycles. The molecule has 13 heteroatoms. The lowest BCUT2D eigenvalue weighted by molar-refractivity contribution is -0.384. The number of nitro groups is 1. The molecule has 1 aliphatic carbocycles. The second-order valence-corrected chi connectivity index (χ2v) is 9.51. The number of fused-ring (bicyclic) bond motifs is 1. The van der Waals surface area contributed by atoms with Gasteiger partial charge in [0.2, 0.25) is 0 Å². The van der Waals surface area contributed by atoms with Gasteiger partial charge in [-0.15, -0.1) is 20.4 Å². The van der Waals surface area contributed by atoms with Crippen molar-refractivity contribution in [2.45, 2.75) is 18.4 Å². The zero-order chi connectivity index (χ0) is 24.5. The molecule has 0 radical (unpaired) electrons. The SMILES string of the molecule is COc1ccc2c(c1)C(c1nnc(OC)s1)C(=Nc1ccccc1[N+](=O)[O-])C2c1nnc(CO)s1. The molecule has 2 aromatic heterocycles. The second kappa shape index (κ2) is 9.44. The third kappa shape index (κ3) is 4.13. The van der Waals surface area contributed by atoms with Crippen LogP contribution in [0.4, 0.5) is 11.4 Å². The van der Waals surface area contributed by atoms with Crippen LogP contribution in [0.3, 0.4) is 0 Å². The van der Waals surface area contributed by atoms with Crippen LogP contribution >= 0.6 is 22.7 Å². The topological polar surface area (TPSA) is 146 Å². The van der Waals surface area contributed by atoms with Crippen molar-refractivity contribution >= 4 is 39.8 Å². The first kappa shape index (κ1) is 23.0. The van der Waals surface area contributed by atoms with E-state index in [2.05, 4.69) is 20.4 Å². The third-order valence-electron chi connectivity index (χ3n) is 5.54. The number of ether oxygens (including phenoxy) is 2. The molecule has 0 saturated carbocycles. The fourth-order valence-corrected chi connectivity index (χ4v) is 5.67. The first-order valence-electron chi connectivity index (χ1n) is 10.3. The summed E-state index contributed by atoms with van der Waals surface area (Å²) in [5.41, 5.74) is 2.44. The summed E-state index contributed by atoms with van der Waals surface area (Å²) in [7, 11) is 3.09. The van der Waals surface area contributed by atoms with Crippen LogP contribution in [0.5, 0.6) is 10.9 Å². The standard InChI is InChI=1S/C22H18N6O5S2/c1-32-11-7-8-12-13(9-11)18(21-26-27-22(33-2)35-21)19(17(12)20-25-24-16(10-29)34-20)23-14-5-3-4-6-15(14)28(30)31/h3-9,17-18,29H,10H2,1-2H3. The van der Waals surface area contributed by atoms with Gasteiger partial charge in [0.25, 0.3) is 10.9 Å². The number of hydrogen-bond donors (Lipinski definition) is 1. The Bertz CT molecular complexity index is 1440. The van der Waals surface area contributed by atoms with Crippen LogP contribution in [0, 0.1) is 10.1 Å². The van der Waals surface area contributed by atoms with Gasteiger partial charge in [0, 0.05) is 11.8 Å². The molecule has 0 spiro atoms. The molecule has 11 nitrogen and oxygen atoms in total. The minimum absolute atomic E-state index is 0.116. The summed E-state index contributed by atoms with van der Waals surface area (Å²) in [6.45, 7) is -0.243. The van der Waals surface area contributed by atoms with Crippen molar-refractivity contribution in [2.75, 3.05) is 14.2 Å². The van der Waals surface area contributed by atoms with E-state index in [0.29, 0.717) is 31.7 Å². The fourth-order valence-electron chi connectivity index (χ4n) is 4.05. The molecule has 2 aromatic carbocycles. The Labute approximate surface area is 206 Å². The summed E-state index contributed by atoms with van der Waals surface area (Å²) in [5, 5.41) is 40.2. The molecule has 1 N–H and O–H groups in total. The number of aromatic nitrogens is 4. The van der Waals surface area contributed by atoms with E-state index in [9.17, 15) is 15.2 Å². The molecule has 178 valence electrons. The average molecular weight is 511 g/mol. The quantitative estimate of drug-likeness (QED) is 0.289. The van der Waals surface area contributed by atoms with Gasteiger partial charge in [0.1, 0.15) is 26.5 Å². The Morgan fingerprint density at radius 1 is 1.00 bits per heavy atom. The van der Waals surface area contributed by atoms with E-state index < -0.39 is 16.8 Å². The predicted octanol–water partition coefficient (Wildman–Crippen LogP) is 3.86. The van der Waals surface area contributed by atoms with Crippen molar-refractivity contribution < 1.29 is 19.5 Å². The maximum absolute atomic E-state index is 11.7. The molecule has 0 aliphatic heterocycles. The van der Waals surface area contributed by atoms with Gasteiger partial charge in [0.15, 0.2) is 0 Å². The Morgan fingerprint density at radius 2 is 1.74 bits per heavy atom. The molecule has 0 fully saturated rings. The molecule has 2 unspecified atom stereocenters. The number of para-hydroxylation sites is 2. The average Bonchev–Trinajstić information content (AvgIpc) is 3.60. The summed E-state index contributed by atoms with van der Waals surface area (Å²) in [5.74, 6) is -0.301. The van der Waals surface area contributed by atoms with Gasteiger partial charge in [-0.05, 0) is 29.3 Å². The number of aliphatic hydroxyl groups is 1. The highest BCUT2D eigenvalue weighted by molar-refractivity contribution is 7.13. The Hall–Kier alpha value is -3.81. The van der Waals surface area contributed by atoms with Gasteiger partial charge in [0.05, 0.1) is 37.6 Å². The lowest BCUT2D eigenvalue weighted by atomic mass is 9.99. The van der Waals surface area contributed by atoms with Crippen LogP contribution in [0.2, 0.25) is 0 Å². The van der Waals surface area contributed by atoms with Gasteiger partial charge in [-0.25, -0.2) is 4.99 Å². The Balaban J connectivity index is 1.78. The molecular formula is C22H18N6O5S2. The summed E-state index contributed by atoms with van der Waals surface area (Å²) >= 11 is 2.53. The van der Waals surface area contributed by atoms with Crippen molar-refractivity contribution in [1.29, 1.82) is 0 Å². The van der Waals surface area contributed by atoms with Crippen LogP contribution in [0.15, 0.2) is 47.5 Å². The van der Waals surface area contributed by atoms with Crippen LogP contribution < -0.4 is 9.47 Å². The number of methoxy groups -OCH3 is 2. The largest absolute Gasteiger partial charge is 0.497 e. The van der Waals surface area contributed by atoms with Crippen molar-refractivity contribution in [2.24, 2.45) is 4.99 Å².